The van der Waals surface area contributed by atoms with Crippen molar-refractivity contribution in [3.8, 4) is 11.1 Å². The highest BCUT2D eigenvalue weighted by Crippen LogP contribution is 2.38. The van der Waals surface area contributed by atoms with Gasteiger partial charge in [-0.05, 0) is 38.2 Å². The van der Waals surface area contributed by atoms with E-state index in [1.807, 2.05) is 0 Å². The second kappa shape index (κ2) is 9.11. The normalized spacial score (nSPS) is 10.9. The molecule has 1 aromatic heterocycles. The van der Waals surface area contributed by atoms with Crippen LogP contribution in [0, 0.1) is 0 Å². The van der Waals surface area contributed by atoms with Gasteiger partial charge in [-0.25, -0.2) is 4.79 Å². The third-order valence-corrected chi connectivity index (χ3v) is 4.96. The number of carbonyl (C=O) groups excluding carboxylic acids is 1. The van der Waals surface area contributed by atoms with Crippen LogP contribution < -0.4 is 11.1 Å². The number of aliphatic hydroxyl groups excluding tert-OH is 3. The van der Waals surface area contributed by atoms with Gasteiger partial charge in [0, 0.05) is 11.3 Å². The maximum atomic E-state index is 11.5. The lowest BCUT2D eigenvalue weighted by Crippen LogP contribution is -2.30. The van der Waals surface area contributed by atoms with Crippen molar-refractivity contribution in [3.05, 3.63) is 44.7 Å². The van der Waals surface area contributed by atoms with Gasteiger partial charge in [0.15, 0.2) is 0 Å². The fourth-order valence-corrected chi connectivity index (χ4v) is 3.57. The van der Waals surface area contributed by atoms with Gasteiger partial charge in [-0.15, -0.1) is 0 Å². The molecule has 27 heavy (non-hydrogen) atoms. The molecule has 0 saturated carbocycles. The minimum absolute atomic E-state index is 0.0156. The van der Waals surface area contributed by atoms with E-state index in [0.717, 1.165) is 0 Å². The van der Waals surface area contributed by atoms with Crippen molar-refractivity contribution in [2.45, 2.75) is 26.4 Å². The van der Waals surface area contributed by atoms with E-state index < -0.39 is 25.1 Å². The highest BCUT2D eigenvalue weighted by atomic mass is 79.9. The number of aromatic carboxylic acids is 1. The number of amides is 1. The van der Waals surface area contributed by atoms with Gasteiger partial charge in [0.05, 0.1) is 37.4 Å². The molecule has 0 aliphatic carbocycles. The lowest BCUT2D eigenvalue weighted by molar-refractivity contribution is -0.119. The average Bonchev–Trinajstić information content (AvgIpc) is 3.00. The molecule has 2 aromatic rings. The summed E-state index contributed by atoms with van der Waals surface area (Å²) in [5.41, 5.74) is 7.59. The molecule has 0 aliphatic rings. The first-order chi connectivity index (χ1) is 12.9. The van der Waals surface area contributed by atoms with Crippen LogP contribution in [0.2, 0.25) is 0 Å². The molecule has 10 heteroatoms. The number of halogens is 1. The highest BCUT2D eigenvalue weighted by molar-refractivity contribution is 9.10. The number of aliphatic hydroxyl groups is 3. The van der Waals surface area contributed by atoms with Gasteiger partial charge in [0.25, 0.3) is 0 Å². The number of rotatable bonds is 8. The van der Waals surface area contributed by atoms with Crippen molar-refractivity contribution in [1.29, 1.82) is 0 Å². The summed E-state index contributed by atoms with van der Waals surface area (Å²) in [6.45, 7) is -1.40. The monoisotopic (exact) mass is 441 g/mol. The van der Waals surface area contributed by atoms with Gasteiger partial charge in [0.2, 0.25) is 5.91 Å². The molecule has 0 aliphatic heterocycles. The summed E-state index contributed by atoms with van der Waals surface area (Å²) in [4.78, 5) is 25.7. The van der Waals surface area contributed by atoms with Gasteiger partial charge in [-0.3, -0.25) is 4.79 Å². The molecule has 0 fully saturated rings. The zero-order valence-corrected chi connectivity index (χ0v) is 15.8. The Labute approximate surface area is 163 Å². The maximum absolute atomic E-state index is 11.5. The largest absolute Gasteiger partial charge is 0.477 e. The van der Waals surface area contributed by atoms with Crippen LogP contribution in [0.4, 0.5) is 0 Å². The zero-order chi connectivity index (χ0) is 20.1. The van der Waals surface area contributed by atoms with Crippen molar-refractivity contribution in [3.63, 3.8) is 0 Å². The average molecular weight is 442 g/mol. The van der Waals surface area contributed by atoms with E-state index in [1.165, 1.54) is 0 Å². The second-order valence-electron chi connectivity index (χ2n) is 5.66. The first kappa shape index (κ1) is 21.1. The third-order valence-electron chi connectivity index (χ3n) is 4.16. The summed E-state index contributed by atoms with van der Waals surface area (Å²) >= 11 is 3.27. The van der Waals surface area contributed by atoms with E-state index >= 15 is 0 Å². The Hall–Kier alpha value is -2.24. The first-order valence-electron chi connectivity index (χ1n) is 7.96. The molecule has 2 rings (SSSR count). The molecule has 146 valence electrons. The number of hydrogen-bond donors (Lipinski definition) is 7. The van der Waals surface area contributed by atoms with Crippen LogP contribution >= 0.6 is 15.9 Å². The number of carboxylic acid groups (broad SMARTS) is 1. The Kier molecular flexibility index (Phi) is 7.11. The molecule has 0 bridgehead atoms. The van der Waals surface area contributed by atoms with Crippen LogP contribution in [0.25, 0.3) is 11.1 Å². The minimum Gasteiger partial charge on any atom is -0.477 e. The number of benzene rings is 1. The molecular weight excluding hydrogens is 422 g/mol. The van der Waals surface area contributed by atoms with Crippen molar-refractivity contribution < 1.29 is 30.0 Å². The molecular formula is C17H20BrN3O6. The molecule has 0 atom stereocenters. The predicted molar refractivity (Wildman–Crippen MR) is 99.6 cm³/mol. The molecule has 9 nitrogen and oxygen atoms in total. The van der Waals surface area contributed by atoms with Crippen molar-refractivity contribution >= 4 is 27.8 Å². The second-order valence-corrected chi connectivity index (χ2v) is 6.45. The van der Waals surface area contributed by atoms with Crippen LogP contribution in [0.5, 0.6) is 0 Å². The van der Waals surface area contributed by atoms with E-state index in [-0.39, 0.29) is 29.9 Å². The highest BCUT2D eigenvalue weighted by Gasteiger charge is 2.24. The minimum atomic E-state index is -1.21. The lowest BCUT2D eigenvalue weighted by Gasteiger charge is -2.16. The third kappa shape index (κ3) is 4.20. The smallest absolute Gasteiger partial charge is 0.353 e. The summed E-state index contributed by atoms with van der Waals surface area (Å²) in [6, 6.07) is 3.20. The molecule has 1 amide bonds. The number of aromatic nitrogens is 1. The summed E-state index contributed by atoms with van der Waals surface area (Å²) in [5.74, 6) is -1.63. The Bertz CT molecular complexity index is 865. The van der Waals surface area contributed by atoms with E-state index in [2.05, 4.69) is 26.2 Å². The van der Waals surface area contributed by atoms with Gasteiger partial charge in [-0.1, -0.05) is 12.1 Å². The van der Waals surface area contributed by atoms with Gasteiger partial charge < -0.3 is 36.5 Å². The Morgan fingerprint density at radius 1 is 1.11 bits per heavy atom. The standard InChI is InChI=1S/C17H20BrN3O6/c18-15-14(9-2-1-8(5-22)10(6-23)11(9)7-24)12(4-20-13(25)3-19)21-16(15)17(26)27/h1-2,21-24H,3-7,19H2,(H,20,25)(H,26,27). The van der Waals surface area contributed by atoms with E-state index in [0.29, 0.717) is 33.5 Å². The molecule has 0 radical (unpaired) electrons. The fourth-order valence-electron chi connectivity index (χ4n) is 2.85. The summed E-state index contributed by atoms with van der Waals surface area (Å²) < 4.78 is 0.238. The number of carbonyl (C=O) groups is 2. The summed E-state index contributed by atoms with van der Waals surface area (Å²) in [7, 11) is 0. The van der Waals surface area contributed by atoms with Crippen molar-refractivity contribution in [2.75, 3.05) is 6.54 Å². The molecule has 1 heterocycles. The zero-order valence-electron chi connectivity index (χ0n) is 14.3. The van der Waals surface area contributed by atoms with Crippen LogP contribution in [-0.4, -0.2) is 43.8 Å². The number of nitrogens with one attached hydrogen (secondary N) is 2. The van der Waals surface area contributed by atoms with E-state index in [1.54, 1.807) is 12.1 Å². The topological polar surface area (TPSA) is 169 Å². The van der Waals surface area contributed by atoms with Crippen LogP contribution in [0.3, 0.4) is 0 Å². The molecule has 8 N–H and O–H groups in total. The number of nitrogens with two attached hydrogens (primary N) is 1. The van der Waals surface area contributed by atoms with Gasteiger partial charge >= 0.3 is 5.97 Å². The van der Waals surface area contributed by atoms with Crippen LogP contribution in [0.15, 0.2) is 16.6 Å². The number of carboxylic acids is 1. The summed E-state index contributed by atoms with van der Waals surface area (Å²) in [6.07, 6.45) is 0. The van der Waals surface area contributed by atoms with E-state index in [9.17, 15) is 30.0 Å². The number of H-pyrrole nitrogens is 1. The Balaban J connectivity index is 2.69. The van der Waals surface area contributed by atoms with Crippen molar-refractivity contribution in [1.82, 2.24) is 10.3 Å². The SMILES string of the molecule is NCC(=O)NCc1[nH]c(C(=O)O)c(Br)c1-c1ccc(CO)c(CO)c1CO. The van der Waals surface area contributed by atoms with Crippen LogP contribution in [-0.2, 0) is 31.2 Å². The Morgan fingerprint density at radius 2 is 1.78 bits per heavy atom. The van der Waals surface area contributed by atoms with Crippen LogP contribution in [0.1, 0.15) is 32.9 Å². The Morgan fingerprint density at radius 3 is 2.30 bits per heavy atom. The molecule has 0 saturated heterocycles. The van der Waals surface area contributed by atoms with Crippen molar-refractivity contribution in [2.24, 2.45) is 5.73 Å². The summed E-state index contributed by atoms with van der Waals surface area (Å²) in [5, 5.41) is 40.9. The molecule has 0 spiro atoms. The van der Waals surface area contributed by atoms with Gasteiger partial charge in [0.1, 0.15) is 5.69 Å². The first-order valence-corrected chi connectivity index (χ1v) is 8.75. The van der Waals surface area contributed by atoms with E-state index in [4.69, 9.17) is 5.73 Å². The maximum Gasteiger partial charge on any atom is 0.353 e. The molecule has 1 aromatic carbocycles. The quantitative estimate of drug-likeness (QED) is 0.306. The lowest BCUT2D eigenvalue weighted by atomic mass is 9.92. The number of hydrogen-bond acceptors (Lipinski definition) is 6. The fraction of sp³-hybridized carbons (Fsp3) is 0.294. The van der Waals surface area contributed by atoms with Gasteiger partial charge in [-0.2, -0.15) is 0 Å². The molecule has 0 unspecified atom stereocenters. The predicted octanol–water partition coefficient (Wildman–Crippen LogP) is 0.194. The number of aromatic amines is 1.